The van der Waals surface area contributed by atoms with Gasteiger partial charge in [-0.15, -0.1) is 10.2 Å². The Morgan fingerprint density at radius 2 is 2.44 bits per heavy atom. The molecule has 8 heteroatoms. The number of ether oxygens (including phenoxy) is 1. The Balaban J connectivity index is 2.57. The van der Waals surface area contributed by atoms with Crippen LogP contribution >= 0.6 is 0 Å². The summed E-state index contributed by atoms with van der Waals surface area (Å²) in [6.45, 7) is 5.81. The molecule has 0 amide bonds. The van der Waals surface area contributed by atoms with E-state index in [4.69, 9.17) is 10.6 Å². The van der Waals surface area contributed by atoms with E-state index in [2.05, 4.69) is 25.9 Å². The van der Waals surface area contributed by atoms with E-state index in [-0.39, 0.29) is 6.04 Å². The number of aliphatic imine (C=N–C) groups is 1. The van der Waals surface area contributed by atoms with Crippen LogP contribution in [0, 0.1) is 0 Å². The van der Waals surface area contributed by atoms with Gasteiger partial charge in [0.05, 0.1) is 6.61 Å². The third-order valence-corrected chi connectivity index (χ3v) is 2.35. The predicted octanol–water partition coefficient (Wildman–Crippen LogP) is -0.758. The largest absolute Gasteiger partial charge is 0.383 e. The summed E-state index contributed by atoms with van der Waals surface area (Å²) >= 11 is 0. The van der Waals surface area contributed by atoms with Crippen LogP contribution in [-0.2, 0) is 17.8 Å². The van der Waals surface area contributed by atoms with E-state index in [9.17, 15) is 0 Å². The smallest absolute Gasteiger partial charge is 0.206 e. The monoisotopic (exact) mass is 255 g/mol. The van der Waals surface area contributed by atoms with Crippen LogP contribution in [-0.4, -0.2) is 40.5 Å². The number of nitrogens with two attached hydrogens (primary N) is 1. The van der Waals surface area contributed by atoms with E-state index < -0.39 is 0 Å². The molecule has 0 saturated carbocycles. The molecule has 0 aliphatic heterocycles. The molecule has 0 aromatic carbocycles. The van der Waals surface area contributed by atoms with Gasteiger partial charge in [0, 0.05) is 19.7 Å². The fraction of sp³-hybridized carbons (Fsp3) is 0.700. The summed E-state index contributed by atoms with van der Waals surface area (Å²) < 4.78 is 6.95. The number of nitrogens with one attached hydrogen (secondary N) is 2. The summed E-state index contributed by atoms with van der Waals surface area (Å²) in [7, 11) is 1.65. The lowest BCUT2D eigenvalue weighted by Gasteiger charge is -2.15. The zero-order valence-electron chi connectivity index (χ0n) is 11.1. The van der Waals surface area contributed by atoms with Crippen LogP contribution in [0.5, 0.6) is 0 Å². The summed E-state index contributed by atoms with van der Waals surface area (Å²) in [5, 5.41) is 10.9. The number of aryl methyl sites for hydroxylation is 1. The summed E-state index contributed by atoms with van der Waals surface area (Å²) in [6.07, 6.45) is 1.68. The standard InChI is InChI=1S/C10H21N7O/c1-4-17-7-13-16-9(17)5-12-10(15-11)14-8(2)6-18-3/h7-8H,4-6,11H2,1-3H3,(H2,12,14,15). The maximum atomic E-state index is 5.40. The Bertz CT molecular complexity index is 376. The summed E-state index contributed by atoms with van der Waals surface area (Å²) in [5.41, 5.74) is 2.52. The molecule has 0 bridgehead atoms. The minimum atomic E-state index is 0.119. The minimum Gasteiger partial charge on any atom is -0.383 e. The van der Waals surface area contributed by atoms with Crippen LogP contribution in [0.4, 0.5) is 0 Å². The Labute approximate surface area is 107 Å². The molecule has 1 heterocycles. The van der Waals surface area contributed by atoms with Crippen LogP contribution in [0.1, 0.15) is 19.7 Å². The molecule has 0 spiro atoms. The van der Waals surface area contributed by atoms with Crippen molar-refractivity contribution in [1.82, 2.24) is 25.5 Å². The van der Waals surface area contributed by atoms with E-state index in [0.717, 1.165) is 12.4 Å². The maximum Gasteiger partial charge on any atom is 0.206 e. The van der Waals surface area contributed by atoms with Crippen LogP contribution < -0.4 is 16.6 Å². The molecular formula is C10H21N7O. The summed E-state index contributed by atoms with van der Waals surface area (Å²) in [6, 6.07) is 0.119. The van der Waals surface area contributed by atoms with Crippen LogP contribution in [0.15, 0.2) is 11.3 Å². The normalized spacial score (nSPS) is 13.4. The van der Waals surface area contributed by atoms with Gasteiger partial charge < -0.3 is 14.6 Å². The van der Waals surface area contributed by atoms with E-state index in [1.807, 2.05) is 18.4 Å². The number of rotatable bonds is 6. The number of hydrogen-bond acceptors (Lipinski definition) is 5. The van der Waals surface area contributed by atoms with E-state index >= 15 is 0 Å². The number of aromatic nitrogens is 3. The molecule has 8 nitrogen and oxygen atoms in total. The van der Waals surface area contributed by atoms with Gasteiger partial charge in [-0.1, -0.05) is 0 Å². The first-order chi connectivity index (χ1) is 8.71. The van der Waals surface area contributed by atoms with Crippen molar-refractivity contribution < 1.29 is 4.74 Å². The molecule has 0 fully saturated rings. The van der Waals surface area contributed by atoms with Crippen LogP contribution in [0.2, 0.25) is 0 Å². The number of guanidine groups is 1. The fourth-order valence-corrected chi connectivity index (χ4v) is 1.47. The molecule has 1 aromatic rings. The Kier molecular flexibility index (Phi) is 6.09. The second-order valence-electron chi connectivity index (χ2n) is 3.84. The maximum absolute atomic E-state index is 5.40. The van der Waals surface area contributed by atoms with Gasteiger partial charge in [0.1, 0.15) is 12.9 Å². The molecule has 18 heavy (non-hydrogen) atoms. The van der Waals surface area contributed by atoms with Crippen molar-refractivity contribution in [3.63, 3.8) is 0 Å². The third kappa shape index (κ3) is 4.30. The molecule has 4 N–H and O–H groups in total. The molecule has 1 atom stereocenters. The van der Waals surface area contributed by atoms with Crippen molar-refractivity contribution >= 4 is 5.96 Å². The topological polar surface area (TPSA) is 102 Å². The highest BCUT2D eigenvalue weighted by molar-refractivity contribution is 5.79. The van der Waals surface area contributed by atoms with Gasteiger partial charge in [0.25, 0.3) is 0 Å². The van der Waals surface area contributed by atoms with Crippen molar-refractivity contribution in [2.75, 3.05) is 13.7 Å². The number of hydrazine groups is 1. The van der Waals surface area contributed by atoms with Gasteiger partial charge in [-0.05, 0) is 13.8 Å². The highest BCUT2D eigenvalue weighted by Crippen LogP contribution is 1.97. The van der Waals surface area contributed by atoms with Gasteiger partial charge in [-0.2, -0.15) is 0 Å². The molecule has 102 valence electrons. The molecule has 0 aliphatic rings. The van der Waals surface area contributed by atoms with E-state index in [1.54, 1.807) is 13.4 Å². The zero-order valence-corrected chi connectivity index (χ0v) is 11.1. The number of methoxy groups -OCH3 is 1. The quantitative estimate of drug-likeness (QED) is 0.267. The SMILES string of the molecule is CCn1cnnc1CN=C(NN)NC(C)COC. The number of nitrogens with zero attached hydrogens (tertiary/aromatic N) is 4. The second-order valence-corrected chi connectivity index (χ2v) is 3.84. The fourth-order valence-electron chi connectivity index (χ4n) is 1.47. The van der Waals surface area contributed by atoms with Crippen molar-refractivity contribution in [3.05, 3.63) is 12.2 Å². The second kappa shape index (κ2) is 7.62. The van der Waals surface area contributed by atoms with Gasteiger partial charge in [0.2, 0.25) is 5.96 Å². The van der Waals surface area contributed by atoms with Gasteiger partial charge in [-0.25, -0.2) is 10.8 Å². The number of hydrogen-bond donors (Lipinski definition) is 3. The van der Waals surface area contributed by atoms with E-state index in [1.165, 1.54) is 0 Å². The Hall–Kier alpha value is -1.67. The first kappa shape index (κ1) is 14.4. The molecule has 1 rings (SSSR count). The Morgan fingerprint density at radius 1 is 1.67 bits per heavy atom. The third-order valence-electron chi connectivity index (χ3n) is 2.35. The average Bonchev–Trinajstić information content (AvgIpc) is 2.82. The first-order valence-corrected chi connectivity index (χ1v) is 5.84. The first-order valence-electron chi connectivity index (χ1n) is 5.84. The summed E-state index contributed by atoms with van der Waals surface area (Å²) in [4.78, 5) is 4.31. The van der Waals surface area contributed by atoms with Crippen LogP contribution in [0.3, 0.4) is 0 Å². The van der Waals surface area contributed by atoms with Crippen molar-refractivity contribution in [1.29, 1.82) is 0 Å². The predicted molar refractivity (Wildman–Crippen MR) is 68.6 cm³/mol. The zero-order chi connectivity index (χ0) is 13.4. The lowest BCUT2D eigenvalue weighted by atomic mass is 10.4. The molecule has 0 aliphatic carbocycles. The lowest BCUT2D eigenvalue weighted by molar-refractivity contribution is 0.179. The summed E-state index contributed by atoms with van der Waals surface area (Å²) in [5.74, 6) is 6.70. The molecule has 1 unspecified atom stereocenters. The molecule has 0 radical (unpaired) electrons. The van der Waals surface area contributed by atoms with Crippen molar-refractivity contribution in [2.24, 2.45) is 10.8 Å². The van der Waals surface area contributed by atoms with Gasteiger partial charge in [0.15, 0.2) is 5.82 Å². The molecule has 1 aromatic heterocycles. The van der Waals surface area contributed by atoms with Crippen molar-refractivity contribution in [3.8, 4) is 0 Å². The highest BCUT2D eigenvalue weighted by atomic mass is 16.5. The van der Waals surface area contributed by atoms with E-state index in [0.29, 0.717) is 19.1 Å². The Morgan fingerprint density at radius 3 is 3.06 bits per heavy atom. The lowest BCUT2D eigenvalue weighted by Crippen LogP contribution is -2.46. The molecular weight excluding hydrogens is 234 g/mol. The average molecular weight is 255 g/mol. The highest BCUT2D eigenvalue weighted by Gasteiger charge is 2.05. The van der Waals surface area contributed by atoms with Crippen LogP contribution in [0.25, 0.3) is 0 Å². The van der Waals surface area contributed by atoms with Crippen molar-refractivity contribution in [2.45, 2.75) is 33.0 Å². The van der Waals surface area contributed by atoms with Gasteiger partial charge in [-0.3, -0.25) is 5.43 Å². The molecule has 0 saturated heterocycles. The minimum absolute atomic E-state index is 0.119. The van der Waals surface area contributed by atoms with Gasteiger partial charge >= 0.3 is 0 Å².